The highest BCUT2D eigenvalue weighted by Gasteiger charge is 2.27. The van der Waals surface area contributed by atoms with Gasteiger partial charge in [0.15, 0.2) is 5.66 Å². The smallest absolute Gasteiger partial charge is 0.339 e. The van der Waals surface area contributed by atoms with E-state index in [0.29, 0.717) is 0 Å². The number of rotatable bonds is 2. The zero-order valence-electron chi connectivity index (χ0n) is 4.66. The molecule has 0 atom stereocenters. The fourth-order valence-corrected chi connectivity index (χ4v) is 0.206. The molecular formula is C4H7N3O2. The summed E-state index contributed by atoms with van der Waals surface area (Å²) < 4.78 is 0. The van der Waals surface area contributed by atoms with Crippen LogP contribution in [0.3, 0.4) is 0 Å². The summed E-state index contributed by atoms with van der Waals surface area (Å²) in [6.07, 6.45) is -0.387. The van der Waals surface area contributed by atoms with Crippen molar-refractivity contribution >= 4 is 5.97 Å². The molecule has 0 rings (SSSR count). The average molecular weight is 129 g/mol. The summed E-state index contributed by atoms with van der Waals surface area (Å²) in [5, 5.41) is 16.1. The molecule has 0 aliphatic heterocycles. The van der Waals surface area contributed by atoms with Crippen LogP contribution in [0.2, 0.25) is 0 Å². The van der Waals surface area contributed by atoms with Crippen molar-refractivity contribution < 1.29 is 9.90 Å². The van der Waals surface area contributed by atoms with Gasteiger partial charge in [-0.15, -0.1) is 0 Å². The van der Waals surface area contributed by atoms with Crippen molar-refractivity contribution in [2.75, 3.05) is 0 Å². The summed E-state index contributed by atoms with van der Waals surface area (Å²) >= 11 is 0. The number of aliphatic carboxylic acids is 1. The van der Waals surface area contributed by atoms with Gasteiger partial charge in [0.25, 0.3) is 0 Å². The SMILES string of the molecule is N#CCC(N)(N)C(=O)O. The highest BCUT2D eigenvalue weighted by molar-refractivity contribution is 5.77. The lowest BCUT2D eigenvalue weighted by Crippen LogP contribution is -2.56. The van der Waals surface area contributed by atoms with E-state index < -0.39 is 11.6 Å². The number of carboxylic acids is 1. The van der Waals surface area contributed by atoms with Crippen LogP contribution in [0.25, 0.3) is 0 Å². The molecule has 0 aromatic heterocycles. The van der Waals surface area contributed by atoms with E-state index in [1.165, 1.54) is 0 Å². The molecule has 0 saturated carbocycles. The van der Waals surface area contributed by atoms with Gasteiger partial charge in [0, 0.05) is 0 Å². The van der Waals surface area contributed by atoms with Gasteiger partial charge < -0.3 is 16.6 Å². The van der Waals surface area contributed by atoms with E-state index in [-0.39, 0.29) is 6.42 Å². The Labute approximate surface area is 51.9 Å². The Bertz CT molecular complexity index is 158. The largest absolute Gasteiger partial charge is 0.479 e. The molecule has 0 aromatic carbocycles. The second kappa shape index (κ2) is 2.44. The third kappa shape index (κ3) is 2.08. The first-order valence-corrected chi connectivity index (χ1v) is 2.19. The summed E-state index contributed by atoms with van der Waals surface area (Å²) in [5.74, 6) is -1.37. The number of nitriles is 1. The molecule has 0 aromatic rings. The molecule has 0 aliphatic rings. The first kappa shape index (κ1) is 7.88. The van der Waals surface area contributed by atoms with Crippen molar-refractivity contribution in [2.24, 2.45) is 11.5 Å². The van der Waals surface area contributed by atoms with Crippen LogP contribution >= 0.6 is 0 Å². The fraction of sp³-hybridized carbons (Fsp3) is 0.500. The molecule has 0 unspecified atom stereocenters. The van der Waals surface area contributed by atoms with Gasteiger partial charge in [-0.1, -0.05) is 0 Å². The van der Waals surface area contributed by atoms with E-state index in [1.54, 1.807) is 6.07 Å². The number of nitrogens with two attached hydrogens (primary N) is 2. The van der Waals surface area contributed by atoms with E-state index in [2.05, 4.69) is 0 Å². The standard InChI is InChI=1S/C4H7N3O2/c5-2-1-4(6,7)3(8)9/h1,6-7H2,(H,8,9). The lowest BCUT2D eigenvalue weighted by Gasteiger charge is -2.13. The van der Waals surface area contributed by atoms with Crippen LogP contribution in [0, 0.1) is 11.3 Å². The average Bonchev–Trinajstić information content (AvgIpc) is 1.65. The Hall–Kier alpha value is -1.12. The number of hydrogen-bond acceptors (Lipinski definition) is 4. The Balaban J connectivity index is 4.06. The number of hydrogen-bond donors (Lipinski definition) is 3. The van der Waals surface area contributed by atoms with Gasteiger partial charge in [-0.05, 0) is 0 Å². The predicted molar refractivity (Wildman–Crippen MR) is 29.0 cm³/mol. The minimum absolute atomic E-state index is 0.387. The second-order valence-electron chi connectivity index (χ2n) is 1.68. The molecule has 5 nitrogen and oxygen atoms in total. The Morgan fingerprint density at radius 3 is 2.33 bits per heavy atom. The van der Waals surface area contributed by atoms with Crippen LogP contribution in [0.15, 0.2) is 0 Å². The normalized spacial score (nSPS) is 10.3. The summed E-state index contributed by atoms with van der Waals surface area (Å²) in [6, 6.07) is 1.56. The molecule has 0 fully saturated rings. The van der Waals surface area contributed by atoms with Crippen molar-refractivity contribution in [3.8, 4) is 6.07 Å². The first-order chi connectivity index (χ1) is 4.00. The van der Waals surface area contributed by atoms with Gasteiger partial charge in [0.2, 0.25) is 0 Å². The number of carboxylic acid groups (broad SMARTS) is 1. The number of nitrogens with zero attached hydrogens (tertiary/aromatic N) is 1. The molecule has 5 heteroatoms. The molecule has 5 N–H and O–H groups in total. The van der Waals surface area contributed by atoms with E-state index in [9.17, 15) is 4.79 Å². The molecule has 0 saturated heterocycles. The van der Waals surface area contributed by atoms with Crippen molar-refractivity contribution in [2.45, 2.75) is 12.1 Å². The molecule has 0 amide bonds. The zero-order chi connectivity index (χ0) is 7.49. The minimum atomic E-state index is -1.89. The summed E-state index contributed by atoms with van der Waals surface area (Å²) in [6.45, 7) is 0. The first-order valence-electron chi connectivity index (χ1n) is 2.19. The van der Waals surface area contributed by atoms with Gasteiger partial charge in [0.1, 0.15) is 0 Å². The summed E-state index contributed by atoms with van der Waals surface area (Å²) in [7, 11) is 0. The van der Waals surface area contributed by atoms with Crippen molar-refractivity contribution in [3.63, 3.8) is 0 Å². The predicted octanol–water partition coefficient (Wildman–Crippen LogP) is -1.40. The molecule has 9 heavy (non-hydrogen) atoms. The van der Waals surface area contributed by atoms with Gasteiger partial charge >= 0.3 is 5.97 Å². The molecule has 0 radical (unpaired) electrons. The molecule has 0 bridgehead atoms. The van der Waals surface area contributed by atoms with Crippen LogP contribution < -0.4 is 11.5 Å². The Kier molecular flexibility index (Phi) is 2.13. The van der Waals surface area contributed by atoms with Gasteiger partial charge in [0.05, 0.1) is 12.5 Å². The third-order valence-electron chi connectivity index (χ3n) is 0.770. The van der Waals surface area contributed by atoms with E-state index >= 15 is 0 Å². The summed E-state index contributed by atoms with van der Waals surface area (Å²) in [5.41, 5.74) is 7.96. The van der Waals surface area contributed by atoms with Crippen LogP contribution in [-0.4, -0.2) is 16.7 Å². The maximum absolute atomic E-state index is 10.0. The molecular weight excluding hydrogens is 122 g/mol. The quantitative estimate of drug-likeness (QED) is 0.397. The highest BCUT2D eigenvalue weighted by atomic mass is 16.4. The maximum atomic E-state index is 10.0. The van der Waals surface area contributed by atoms with Crippen molar-refractivity contribution in [1.29, 1.82) is 5.26 Å². The van der Waals surface area contributed by atoms with E-state index in [4.69, 9.17) is 21.8 Å². The maximum Gasteiger partial charge on any atom is 0.339 e. The monoisotopic (exact) mass is 129 g/mol. The molecule has 0 aliphatic carbocycles. The van der Waals surface area contributed by atoms with Gasteiger partial charge in [-0.3, -0.25) is 0 Å². The summed E-state index contributed by atoms with van der Waals surface area (Å²) in [4.78, 5) is 10.0. The van der Waals surface area contributed by atoms with E-state index in [1.807, 2.05) is 0 Å². The van der Waals surface area contributed by atoms with Crippen LogP contribution in [-0.2, 0) is 4.79 Å². The lowest BCUT2D eigenvalue weighted by molar-refractivity contribution is -0.142. The molecule has 0 spiro atoms. The van der Waals surface area contributed by atoms with Gasteiger partial charge in [-0.2, -0.15) is 5.26 Å². The lowest BCUT2D eigenvalue weighted by atomic mass is 10.1. The minimum Gasteiger partial charge on any atom is -0.479 e. The van der Waals surface area contributed by atoms with Crippen molar-refractivity contribution in [3.05, 3.63) is 0 Å². The highest BCUT2D eigenvalue weighted by Crippen LogP contribution is 1.94. The second-order valence-corrected chi connectivity index (χ2v) is 1.68. The van der Waals surface area contributed by atoms with Crippen LogP contribution in [0.5, 0.6) is 0 Å². The Morgan fingerprint density at radius 1 is 1.78 bits per heavy atom. The third-order valence-corrected chi connectivity index (χ3v) is 0.770. The van der Waals surface area contributed by atoms with Gasteiger partial charge in [-0.25, -0.2) is 4.79 Å². The zero-order valence-corrected chi connectivity index (χ0v) is 4.66. The van der Waals surface area contributed by atoms with Crippen LogP contribution in [0.1, 0.15) is 6.42 Å². The van der Waals surface area contributed by atoms with Crippen LogP contribution in [0.4, 0.5) is 0 Å². The fourth-order valence-electron chi connectivity index (χ4n) is 0.206. The molecule has 0 heterocycles. The van der Waals surface area contributed by atoms with Crippen molar-refractivity contribution in [1.82, 2.24) is 0 Å². The van der Waals surface area contributed by atoms with E-state index in [0.717, 1.165) is 0 Å². The molecule has 50 valence electrons. The Morgan fingerprint density at radius 2 is 2.22 bits per heavy atom. The number of carbonyl (C=O) groups is 1. The topological polar surface area (TPSA) is 113 Å².